The fraction of sp³-hybridized carbons (Fsp3) is 0.438. The Morgan fingerprint density at radius 3 is 2.21 bits per heavy atom. The molecule has 0 aliphatic rings. The molecule has 12 heteroatoms. The van der Waals surface area contributed by atoms with E-state index in [4.69, 9.17) is 0 Å². The summed E-state index contributed by atoms with van der Waals surface area (Å²) in [5.41, 5.74) is -0.163. The normalized spacial score (nSPS) is 14.6. The zero-order valence-electron chi connectivity index (χ0n) is 14.8. The van der Waals surface area contributed by atoms with Gasteiger partial charge in [-0.15, -0.1) is 11.3 Å². The minimum Gasteiger partial charge on any atom is -0.611 e. The highest BCUT2D eigenvalue weighted by Crippen LogP contribution is 2.30. The molecule has 1 aromatic heterocycles. The lowest BCUT2D eigenvalue weighted by Gasteiger charge is -2.15. The van der Waals surface area contributed by atoms with Crippen LogP contribution in [0.3, 0.4) is 0 Å². The van der Waals surface area contributed by atoms with Crippen LogP contribution in [0.4, 0.5) is 36.4 Å². The zero-order chi connectivity index (χ0) is 21.4. The Labute approximate surface area is 162 Å². The van der Waals surface area contributed by atoms with E-state index >= 15 is 0 Å². The van der Waals surface area contributed by atoms with Gasteiger partial charge in [0.15, 0.2) is 9.70 Å². The number of alkyl halides is 6. The molecule has 1 atom stereocenters. The van der Waals surface area contributed by atoms with Gasteiger partial charge in [-0.05, 0) is 38.0 Å². The predicted octanol–water partition coefficient (Wildman–Crippen LogP) is 5.08. The fourth-order valence-electron chi connectivity index (χ4n) is 2.35. The first-order valence-electron chi connectivity index (χ1n) is 7.71. The van der Waals surface area contributed by atoms with Crippen molar-refractivity contribution in [2.45, 2.75) is 44.6 Å². The van der Waals surface area contributed by atoms with Crippen LogP contribution in [-0.2, 0) is 17.7 Å². The van der Waals surface area contributed by atoms with Gasteiger partial charge in [0, 0.05) is 22.2 Å². The van der Waals surface area contributed by atoms with Crippen molar-refractivity contribution in [3.8, 4) is 0 Å². The molecule has 0 fully saturated rings. The lowest BCUT2D eigenvalue weighted by Crippen LogP contribution is -2.26. The highest BCUT2D eigenvalue weighted by molar-refractivity contribution is 7.91. The second-order valence-electron chi connectivity index (χ2n) is 6.01. The molecule has 0 amide bonds. The molecular weight excluding hydrogens is 433 g/mol. The van der Waals surface area contributed by atoms with Gasteiger partial charge in [0.05, 0.1) is 0 Å². The summed E-state index contributed by atoms with van der Waals surface area (Å²) in [6.45, 7) is 2.97. The first kappa shape index (κ1) is 22.8. The van der Waals surface area contributed by atoms with Crippen LogP contribution < -0.4 is 4.80 Å². The monoisotopic (exact) mass is 448 g/mol. The summed E-state index contributed by atoms with van der Waals surface area (Å²) in [5, 5.41) is 0. The van der Waals surface area contributed by atoms with Gasteiger partial charge in [0.2, 0.25) is 5.75 Å². The Bertz CT molecular complexity index is 929. The van der Waals surface area contributed by atoms with Crippen molar-refractivity contribution in [2.75, 3.05) is 5.75 Å². The van der Waals surface area contributed by atoms with Crippen LogP contribution in [0.2, 0.25) is 0 Å². The molecule has 1 aromatic carbocycles. The smallest absolute Gasteiger partial charge is 0.433 e. The number of nitrogens with zero attached hydrogens (tertiary/aromatic N) is 2. The van der Waals surface area contributed by atoms with E-state index in [9.17, 15) is 35.3 Å². The molecule has 0 spiro atoms. The summed E-state index contributed by atoms with van der Waals surface area (Å²) in [7, 11) is 0. The molecule has 0 radical (unpaired) electrons. The minimum absolute atomic E-state index is 0.0285. The molecule has 0 aliphatic heterocycles. The van der Waals surface area contributed by atoms with Gasteiger partial charge in [0.1, 0.15) is 18.0 Å². The van der Waals surface area contributed by atoms with Crippen LogP contribution in [0.1, 0.15) is 16.1 Å². The SMILES string of the molecule is Cc1cc(F)c(/N=c2\sc(C)c(C)n2CC(F)(F)F)cc1[S+]([O-])CC(F)(F)F. The summed E-state index contributed by atoms with van der Waals surface area (Å²) in [5.74, 6) is -2.56. The number of thiazole rings is 1. The number of aromatic nitrogens is 1. The van der Waals surface area contributed by atoms with E-state index in [1.165, 1.54) is 13.8 Å². The molecule has 28 heavy (non-hydrogen) atoms. The standard InChI is InChI=1S/C16H15F7N2OS2/c1-8-4-11(17)12(5-13(8)28(26)7-16(21,22)23)24-14-25(6-15(18,19)20)9(2)10(3)27-14/h4-5H,6-7H2,1-3H3/b24-14-. The van der Waals surface area contributed by atoms with E-state index in [0.29, 0.717) is 4.88 Å². The number of halogens is 7. The van der Waals surface area contributed by atoms with E-state index in [1.807, 2.05) is 0 Å². The van der Waals surface area contributed by atoms with Gasteiger partial charge >= 0.3 is 12.4 Å². The highest BCUT2D eigenvalue weighted by Gasteiger charge is 2.36. The lowest BCUT2D eigenvalue weighted by molar-refractivity contribution is -0.141. The number of rotatable bonds is 4. The number of hydrogen-bond acceptors (Lipinski definition) is 3. The van der Waals surface area contributed by atoms with Crippen molar-refractivity contribution in [1.82, 2.24) is 4.57 Å². The second kappa shape index (κ2) is 8.07. The summed E-state index contributed by atoms with van der Waals surface area (Å²) in [4.78, 5) is 3.96. The molecule has 1 unspecified atom stereocenters. The molecule has 0 aliphatic carbocycles. The lowest BCUT2D eigenvalue weighted by atomic mass is 10.2. The van der Waals surface area contributed by atoms with E-state index in [2.05, 4.69) is 4.99 Å². The molecule has 1 heterocycles. The third kappa shape index (κ3) is 5.74. The summed E-state index contributed by atoms with van der Waals surface area (Å²) in [6, 6.07) is 1.75. The average molecular weight is 448 g/mol. The largest absolute Gasteiger partial charge is 0.611 e. The molecule has 0 saturated heterocycles. The van der Waals surface area contributed by atoms with Gasteiger partial charge in [-0.1, -0.05) is 0 Å². The number of hydrogen-bond donors (Lipinski definition) is 0. The zero-order valence-corrected chi connectivity index (χ0v) is 16.5. The summed E-state index contributed by atoms with van der Waals surface area (Å²) >= 11 is -1.61. The Morgan fingerprint density at radius 2 is 1.68 bits per heavy atom. The first-order chi connectivity index (χ1) is 12.7. The van der Waals surface area contributed by atoms with Gasteiger partial charge in [-0.2, -0.15) is 26.3 Å². The Morgan fingerprint density at radius 1 is 1.07 bits per heavy atom. The number of aryl methyl sites for hydroxylation is 2. The van der Waals surface area contributed by atoms with Crippen molar-refractivity contribution in [3.05, 3.63) is 38.9 Å². The van der Waals surface area contributed by atoms with E-state index in [0.717, 1.165) is 28.0 Å². The highest BCUT2D eigenvalue weighted by atomic mass is 32.2. The Balaban J connectivity index is 2.58. The Kier molecular flexibility index (Phi) is 6.56. The van der Waals surface area contributed by atoms with Crippen LogP contribution >= 0.6 is 11.3 Å². The van der Waals surface area contributed by atoms with E-state index in [-0.39, 0.29) is 21.0 Å². The second-order valence-corrected chi connectivity index (χ2v) is 8.61. The van der Waals surface area contributed by atoms with Crippen LogP contribution in [-0.4, -0.2) is 27.2 Å². The van der Waals surface area contributed by atoms with E-state index < -0.39 is 47.3 Å². The van der Waals surface area contributed by atoms with Crippen LogP contribution in [0.15, 0.2) is 22.0 Å². The topological polar surface area (TPSA) is 40.3 Å². The maximum Gasteiger partial charge on any atom is 0.433 e. The average Bonchev–Trinajstić information content (AvgIpc) is 2.74. The molecular formula is C16H15F7N2OS2. The molecule has 2 aromatic rings. The van der Waals surface area contributed by atoms with Crippen molar-refractivity contribution in [3.63, 3.8) is 0 Å². The van der Waals surface area contributed by atoms with Gasteiger partial charge < -0.3 is 9.12 Å². The Hall–Kier alpha value is -1.53. The van der Waals surface area contributed by atoms with Gasteiger partial charge in [0.25, 0.3) is 0 Å². The molecule has 0 bridgehead atoms. The summed E-state index contributed by atoms with van der Waals surface area (Å²) < 4.78 is 103. The third-order valence-corrected chi connectivity index (χ3v) is 6.34. The van der Waals surface area contributed by atoms with Crippen molar-refractivity contribution < 1.29 is 35.3 Å². The van der Waals surface area contributed by atoms with Gasteiger partial charge in [-0.3, -0.25) is 0 Å². The molecule has 3 nitrogen and oxygen atoms in total. The minimum atomic E-state index is -4.69. The fourth-order valence-corrected chi connectivity index (χ4v) is 4.45. The van der Waals surface area contributed by atoms with Crippen LogP contribution in [0.5, 0.6) is 0 Å². The van der Waals surface area contributed by atoms with Crippen LogP contribution in [0, 0.1) is 26.6 Å². The molecule has 156 valence electrons. The first-order valence-corrected chi connectivity index (χ1v) is 9.85. The van der Waals surface area contributed by atoms with E-state index in [1.54, 1.807) is 6.92 Å². The van der Waals surface area contributed by atoms with Crippen molar-refractivity contribution in [1.29, 1.82) is 0 Å². The van der Waals surface area contributed by atoms with Crippen LogP contribution in [0.25, 0.3) is 0 Å². The maximum absolute atomic E-state index is 14.3. The molecule has 0 saturated carbocycles. The van der Waals surface area contributed by atoms with Gasteiger partial charge in [-0.25, -0.2) is 9.38 Å². The third-order valence-electron chi connectivity index (χ3n) is 3.73. The van der Waals surface area contributed by atoms with Crippen molar-refractivity contribution in [2.24, 2.45) is 4.99 Å². The van der Waals surface area contributed by atoms with Crippen molar-refractivity contribution >= 4 is 28.2 Å². The number of benzene rings is 1. The molecule has 2 rings (SSSR count). The maximum atomic E-state index is 14.3. The summed E-state index contributed by atoms with van der Waals surface area (Å²) in [6.07, 6.45) is -9.24. The quantitative estimate of drug-likeness (QED) is 0.475. The predicted molar refractivity (Wildman–Crippen MR) is 91.5 cm³/mol. The molecule has 0 N–H and O–H groups in total.